The van der Waals surface area contributed by atoms with E-state index in [-0.39, 0.29) is 23.1 Å². The molecule has 27 heavy (non-hydrogen) atoms. The van der Waals surface area contributed by atoms with E-state index in [1.54, 1.807) is 30.3 Å². The summed E-state index contributed by atoms with van der Waals surface area (Å²) in [5.74, 6) is 0.895. The van der Waals surface area contributed by atoms with Gasteiger partial charge in [-0.1, -0.05) is 51.3 Å². The number of hydrogen-bond donors (Lipinski definition) is 2. The van der Waals surface area contributed by atoms with Crippen molar-refractivity contribution in [2.75, 3.05) is 10.6 Å². The number of nitrogens with zero attached hydrogens (tertiary/aromatic N) is 1. The summed E-state index contributed by atoms with van der Waals surface area (Å²) >= 11 is 0. The Morgan fingerprint density at radius 2 is 1.81 bits per heavy atom. The van der Waals surface area contributed by atoms with E-state index < -0.39 is 0 Å². The topological polar surface area (TPSA) is 84.2 Å². The van der Waals surface area contributed by atoms with Crippen LogP contribution in [0.25, 0.3) is 0 Å². The van der Waals surface area contributed by atoms with Gasteiger partial charge in [0, 0.05) is 28.7 Å². The minimum absolute atomic E-state index is 0.0404. The van der Waals surface area contributed by atoms with Crippen molar-refractivity contribution in [2.24, 2.45) is 5.92 Å². The van der Waals surface area contributed by atoms with Gasteiger partial charge in [0.15, 0.2) is 5.82 Å². The van der Waals surface area contributed by atoms with E-state index in [1.807, 2.05) is 20.8 Å². The predicted molar refractivity (Wildman–Crippen MR) is 105 cm³/mol. The third kappa shape index (κ3) is 4.96. The second-order valence-corrected chi connectivity index (χ2v) is 8.19. The summed E-state index contributed by atoms with van der Waals surface area (Å²) < 4.78 is 5.29. The van der Waals surface area contributed by atoms with Crippen LogP contribution >= 0.6 is 0 Å². The highest BCUT2D eigenvalue weighted by atomic mass is 16.5. The molecule has 0 saturated heterocycles. The molecular weight excluding hydrogens is 342 g/mol. The number of nitrogens with one attached hydrogen (secondary N) is 2. The summed E-state index contributed by atoms with van der Waals surface area (Å²) in [4.78, 5) is 24.9. The lowest BCUT2D eigenvalue weighted by Crippen LogP contribution is -2.24. The summed E-state index contributed by atoms with van der Waals surface area (Å²) in [6.07, 6.45) is 5.30. The van der Waals surface area contributed by atoms with Crippen molar-refractivity contribution in [3.8, 4) is 0 Å². The average molecular weight is 369 g/mol. The van der Waals surface area contributed by atoms with Gasteiger partial charge in [-0.15, -0.1) is 0 Å². The monoisotopic (exact) mass is 369 g/mol. The number of aromatic nitrogens is 1. The summed E-state index contributed by atoms with van der Waals surface area (Å²) in [6.45, 7) is 6.03. The molecular formula is C21H27N3O3. The van der Waals surface area contributed by atoms with E-state index in [0.29, 0.717) is 22.8 Å². The standard InChI is InChI=1S/C21H27N3O3/c1-21(2,3)17-13-18(24-27-17)23-20(26)15-10-7-11-16(12-15)22-19(25)14-8-5-4-6-9-14/h7,10-14H,4-6,8-9H2,1-3H3,(H,22,25)(H,23,24,26). The van der Waals surface area contributed by atoms with Crippen LogP contribution in [0, 0.1) is 5.92 Å². The molecule has 1 aliphatic rings. The molecule has 2 amide bonds. The van der Waals surface area contributed by atoms with Crippen molar-refractivity contribution in [1.82, 2.24) is 5.16 Å². The summed E-state index contributed by atoms with van der Waals surface area (Å²) in [7, 11) is 0. The number of anilines is 2. The number of amides is 2. The van der Waals surface area contributed by atoms with Gasteiger partial charge in [0.05, 0.1) is 0 Å². The first kappa shape index (κ1) is 19.1. The molecule has 0 bridgehead atoms. The Bertz CT molecular complexity index is 814. The van der Waals surface area contributed by atoms with E-state index in [1.165, 1.54) is 6.42 Å². The summed E-state index contributed by atoms with van der Waals surface area (Å²) in [6, 6.07) is 8.67. The van der Waals surface area contributed by atoms with E-state index >= 15 is 0 Å². The maximum absolute atomic E-state index is 12.5. The average Bonchev–Trinajstić information content (AvgIpc) is 3.11. The SMILES string of the molecule is CC(C)(C)c1cc(NC(=O)c2cccc(NC(=O)C3CCCCC3)c2)no1. The highest BCUT2D eigenvalue weighted by molar-refractivity contribution is 6.05. The van der Waals surface area contributed by atoms with Gasteiger partial charge in [-0.25, -0.2) is 0 Å². The summed E-state index contributed by atoms with van der Waals surface area (Å²) in [5.41, 5.74) is 0.907. The Hall–Kier alpha value is -2.63. The maximum atomic E-state index is 12.5. The molecule has 0 aliphatic heterocycles. The van der Waals surface area contributed by atoms with Gasteiger partial charge in [-0.05, 0) is 31.0 Å². The van der Waals surface area contributed by atoms with Crippen LogP contribution in [0.4, 0.5) is 11.5 Å². The largest absolute Gasteiger partial charge is 0.359 e. The number of carbonyl (C=O) groups excluding carboxylic acids is 2. The fourth-order valence-corrected chi connectivity index (χ4v) is 3.22. The van der Waals surface area contributed by atoms with Gasteiger partial charge in [0.25, 0.3) is 5.91 Å². The van der Waals surface area contributed by atoms with E-state index in [2.05, 4.69) is 15.8 Å². The third-order valence-electron chi connectivity index (χ3n) is 4.86. The van der Waals surface area contributed by atoms with E-state index in [9.17, 15) is 9.59 Å². The molecule has 3 rings (SSSR count). The number of benzene rings is 1. The van der Waals surface area contributed by atoms with Crippen molar-refractivity contribution in [3.63, 3.8) is 0 Å². The molecule has 1 heterocycles. The fourth-order valence-electron chi connectivity index (χ4n) is 3.22. The number of carbonyl (C=O) groups is 2. The minimum atomic E-state index is -0.294. The molecule has 0 unspecified atom stereocenters. The molecule has 2 N–H and O–H groups in total. The Balaban J connectivity index is 1.64. The van der Waals surface area contributed by atoms with Crippen LogP contribution < -0.4 is 10.6 Å². The van der Waals surface area contributed by atoms with Crippen molar-refractivity contribution in [3.05, 3.63) is 41.7 Å². The van der Waals surface area contributed by atoms with Crippen LogP contribution in [0.5, 0.6) is 0 Å². The van der Waals surface area contributed by atoms with Gasteiger partial charge in [0.2, 0.25) is 5.91 Å². The highest BCUT2D eigenvalue weighted by Gasteiger charge is 2.22. The van der Waals surface area contributed by atoms with Crippen LogP contribution in [0.2, 0.25) is 0 Å². The third-order valence-corrected chi connectivity index (χ3v) is 4.86. The summed E-state index contributed by atoms with van der Waals surface area (Å²) in [5, 5.41) is 9.58. The van der Waals surface area contributed by atoms with Crippen molar-refractivity contribution in [1.29, 1.82) is 0 Å². The van der Waals surface area contributed by atoms with Crippen LogP contribution in [0.15, 0.2) is 34.9 Å². The van der Waals surface area contributed by atoms with Gasteiger partial charge in [-0.3, -0.25) is 9.59 Å². The van der Waals surface area contributed by atoms with Crippen LogP contribution in [-0.2, 0) is 10.2 Å². The first-order valence-corrected chi connectivity index (χ1v) is 9.52. The van der Waals surface area contributed by atoms with Crippen molar-refractivity contribution in [2.45, 2.75) is 58.3 Å². The highest BCUT2D eigenvalue weighted by Crippen LogP contribution is 2.26. The lowest BCUT2D eigenvalue weighted by Gasteiger charge is -2.20. The Labute approximate surface area is 159 Å². The zero-order valence-electron chi connectivity index (χ0n) is 16.2. The Morgan fingerprint density at radius 1 is 1.07 bits per heavy atom. The molecule has 0 atom stereocenters. The van der Waals surface area contributed by atoms with Gasteiger partial charge in [0.1, 0.15) is 5.76 Å². The quantitative estimate of drug-likeness (QED) is 0.815. The second-order valence-electron chi connectivity index (χ2n) is 8.19. The molecule has 0 radical (unpaired) electrons. The smallest absolute Gasteiger partial charge is 0.256 e. The molecule has 1 aromatic heterocycles. The van der Waals surface area contributed by atoms with Crippen molar-refractivity contribution >= 4 is 23.3 Å². The van der Waals surface area contributed by atoms with E-state index in [4.69, 9.17) is 4.52 Å². The molecule has 144 valence electrons. The Morgan fingerprint density at radius 3 is 2.48 bits per heavy atom. The molecule has 1 aromatic carbocycles. The van der Waals surface area contributed by atoms with Gasteiger partial charge >= 0.3 is 0 Å². The fraction of sp³-hybridized carbons (Fsp3) is 0.476. The number of hydrogen-bond acceptors (Lipinski definition) is 4. The lowest BCUT2D eigenvalue weighted by molar-refractivity contribution is -0.120. The van der Waals surface area contributed by atoms with E-state index in [0.717, 1.165) is 25.7 Å². The van der Waals surface area contributed by atoms with Gasteiger partial charge in [-0.2, -0.15) is 0 Å². The first-order chi connectivity index (χ1) is 12.8. The Kier molecular flexibility index (Phi) is 5.63. The molecule has 2 aromatic rings. The second kappa shape index (κ2) is 7.94. The van der Waals surface area contributed by atoms with Crippen molar-refractivity contribution < 1.29 is 14.1 Å². The first-order valence-electron chi connectivity index (χ1n) is 9.52. The zero-order chi connectivity index (χ0) is 19.4. The maximum Gasteiger partial charge on any atom is 0.256 e. The van der Waals surface area contributed by atoms with Crippen LogP contribution in [-0.4, -0.2) is 17.0 Å². The van der Waals surface area contributed by atoms with Gasteiger partial charge < -0.3 is 15.2 Å². The number of rotatable bonds is 4. The molecule has 1 aliphatic carbocycles. The lowest BCUT2D eigenvalue weighted by atomic mass is 9.88. The van der Waals surface area contributed by atoms with Crippen LogP contribution in [0.1, 0.15) is 69.0 Å². The minimum Gasteiger partial charge on any atom is -0.359 e. The molecule has 1 saturated carbocycles. The molecule has 6 heteroatoms. The molecule has 6 nitrogen and oxygen atoms in total. The normalized spacial score (nSPS) is 15.4. The predicted octanol–water partition coefficient (Wildman–Crippen LogP) is 4.74. The molecule has 1 fully saturated rings. The zero-order valence-corrected chi connectivity index (χ0v) is 16.2. The molecule has 0 spiro atoms. The van der Waals surface area contributed by atoms with Crippen LogP contribution in [0.3, 0.4) is 0 Å².